The van der Waals surface area contributed by atoms with Gasteiger partial charge < -0.3 is 10.2 Å². The summed E-state index contributed by atoms with van der Waals surface area (Å²) in [6.45, 7) is 3.03. The van der Waals surface area contributed by atoms with Crippen LogP contribution in [0, 0.1) is 0 Å². The maximum atomic E-state index is 4.26. The zero-order valence-electron chi connectivity index (χ0n) is 16.5. The van der Waals surface area contributed by atoms with Crippen LogP contribution in [0.1, 0.15) is 18.1 Å². The van der Waals surface area contributed by atoms with Crippen LogP contribution >= 0.6 is 0 Å². The first-order chi connectivity index (χ1) is 13.1. The van der Waals surface area contributed by atoms with E-state index in [4.69, 9.17) is 0 Å². The summed E-state index contributed by atoms with van der Waals surface area (Å²) < 4.78 is 0. The van der Waals surface area contributed by atoms with Crippen molar-refractivity contribution in [2.45, 2.75) is 6.92 Å². The van der Waals surface area contributed by atoms with Crippen molar-refractivity contribution in [3.8, 4) is 0 Å². The molecule has 3 rings (SSSR count). The lowest BCUT2D eigenvalue weighted by atomic mass is 9.90. The zero-order valence-corrected chi connectivity index (χ0v) is 16.5. The highest BCUT2D eigenvalue weighted by molar-refractivity contribution is 6.07. The van der Waals surface area contributed by atoms with Crippen molar-refractivity contribution in [3.05, 3.63) is 89.5 Å². The second-order valence-corrected chi connectivity index (χ2v) is 6.69. The Balaban J connectivity index is 2.08. The topological polar surface area (TPSA) is 27.6 Å². The van der Waals surface area contributed by atoms with Gasteiger partial charge in [-0.1, -0.05) is 36.4 Å². The lowest BCUT2D eigenvalue weighted by Crippen LogP contribution is -2.08. The van der Waals surface area contributed by atoms with Gasteiger partial charge in [0.2, 0.25) is 0 Å². The van der Waals surface area contributed by atoms with Crippen molar-refractivity contribution in [1.82, 2.24) is 0 Å². The summed E-state index contributed by atoms with van der Waals surface area (Å²) in [5, 5.41) is 3.36. The van der Waals surface area contributed by atoms with Gasteiger partial charge in [0.05, 0.1) is 5.71 Å². The molecule has 0 unspecified atom stereocenters. The maximum absolute atomic E-state index is 4.26. The smallest absolute Gasteiger partial charge is 0.0571 e. The van der Waals surface area contributed by atoms with Gasteiger partial charge >= 0.3 is 0 Å². The number of anilines is 2. The minimum atomic E-state index is 0.921. The van der Waals surface area contributed by atoms with E-state index in [0.29, 0.717) is 0 Å². The molecule has 27 heavy (non-hydrogen) atoms. The maximum Gasteiger partial charge on any atom is 0.0571 e. The van der Waals surface area contributed by atoms with Gasteiger partial charge in [0.15, 0.2) is 0 Å². The average molecular weight is 358 g/mol. The fourth-order valence-corrected chi connectivity index (χ4v) is 3.16. The van der Waals surface area contributed by atoms with E-state index in [9.17, 15) is 0 Å². The highest BCUT2D eigenvalue weighted by Crippen LogP contribution is 2.31. The van der Waals surface area contributed by atoms with Crippen LogP contribution < -0.4 is 10.2 Å². The third kappa shape index (κ3) is 4.37. The molecule has 0 radical (unpaired) electrons. The fourth-order valence-electron chi connectivity index (χ4n) is 3.16. The molecule has 0 heterocycles. The van der Waals surface area contributed by atoms with Crippen LogP contribution in [0.25, 0.3) is 5.57 Å². The van der Waals surface area contributed by atoms with Crippen molar-refractivity contribution in [3.63, 3.8) is 0 Å². The standard InChI is InChI=1S/C24H27N3/c1-5-26-22-14-8-19(9-15-22)24(18-6-12-21(25-2)13-7-18)20-10-16-23(17-11-20)27(3)4/h6-17,26H,5H2,1-4H3. The van der Waals surface area contributed by atoms with Gasteiger partial charge in [-0.3, -0.25) is 4.99 Å². The van der Waals surface area contributed by atoms with Crippen LogP contribution in [0.2, 0.25) is 0 Å². The summed E-state index contributed by atoms with van der Waals surface area (Å²) in [5.41, 5.74) is 8.16. The van der Waals surface area contributed by atoms with Crippen molar-refractivity contribution >= 4 is 22.7 Å². The van der Waals surface area contributed by atoms with Crippen molar-refractivity contribution in [1.29, 1.82) is 0 Å². The van der Waals surface area contributed by atoms with E-state index >= 15 is 0 Å². The van der Waals surface area contributed by atoms with Crippen LogP contribution in [0.4, 0.5) is 11.4 Å². The van der Waals surface area contributed by atoms with Crippen molar-refractivity contribution in [2.75, 3.05) is 37.9 Å². The van der Waals surface area contributed by atoms with E-state index in [2.05, 4.69) is 109 Å². The largest absolute Gasteiger partial charge is 0.385 e. The Morgan fingerprint density at radius 1 is 0.852 bits per heavy atom. The minimum Gasteiger partial charge on any atom is -0.385 e. The number of hydrogen-bond acceptors (Lipinski definition) is 3. The molecular formula is C24H27N3. The van der Waals surface area contributed by atoms with E-state index in [1.165, 1.54) is 28.0 Å². The van der Waals surface area contributed by atoms with E-state index < -0.39 is 0 Å². The molecule has 1 N–H and O–H groups in total. The average Bonchev–Trinajstić information content (AvgIpc) is 2.70. The molecule has 0 aliphatic heterocycles. The second kappa shape index (κ2) is 8.54. The van der Waals surface area contributed by atoms with Gasteiger partial charge in [-0.2, -0.15) is 0 Å². The molecule has 0 spiro atoms. The molecule has 0 aromatic heterocycles. The van der Waals surface area contributed by atoms with Gasteiger partial charge in [-0.05, 0) is 65.6 Å². The fraction of sp³-hybridized carbons (Fsp3) is 0.208. The van der Waals surface area contributed by atoms with Crippen LogP contribution in [-0.2, 0) is 0 Å². The van der Waals surface area contributed by atoms with E-state index in [-0.39, 0.29) is 0 Å². The molecule has 0 saturated carbocycles. The Hall–Kier alpha value is -3.07. The molecule has 0 fully saturated rings. The Labute approximate surface area is 162 Å². The first kappa shape index (κ1) is 18.7. The lowest BCUT2D eigenvalue weighted by Gasteiger charge is -2.17. The van der Waals surface area contributed by atoms with Gasteiger partial charge in [-0.15, -0.1) is 0 Å². The van der Waals surface area contributed by atoms with Gasteiger partial charge in [-0.25, -0.2) is 0 Å². The Morgan fingerprint density at radius 2 is 1.41 bits per heavy atom. The predicted octanol–water partition coefficient (Wildman–Crippen LogP) is 5.18. The molecule has 1 aliphatic carbocycles. The first-order valence-corrected chi connectivity index (χ1v) is 9.31. The number of benzene rings is 2. The van der Waals surface area contributed by atoms with Gasteiger partial charge in [0, 0.05) is 39.1 Å². The highest BCUT2D eigenvalue weighted by Gasteiger charge is 2.11. The number of rotatable bonds is 5. The van der Waals surface area contributed by atoms with E-state index in [1.54, 1.807) is 0 Å². The summed E-state index contributed by atoms with van der Waals surface area (Å²) in [4.78, 5) is 6.37. The molecular weight excluding hydrogens is 330 g/mol. The summed E-state index contributed by atoms with van der Waals surface area (Å²) in [6, 6.07) is 17.4. The van der Waals surface area contributed by atoms with Crippen molar-refractivity contribution < 1.29 is 0 Å². The van der Waals surface area contributed by atoms with E-state index in [0.717, 1.165) is 17.9 Å². The molecule has 2 aromatic carbocycles. The third-order valence-corrected chi connectivity index (χ3v) is 4.64. The monoisotopic (exact) mass is 357 g/mol. The Bertz CT molecular complexity index is 878. The molecule has 0 atom stereocenters. The number of hydrogen-bond donors (Lipinski definition) is 1. The number of aliphatic imine (C=N–C) groups is 1. The molecule has 2 aromatic rings. The van der Waals surface area contributed by atoms with Crippen LogP contribution in [-0.4, -0.2) is 33.4 Å². The second-order valence-electron chi connectivity index (χ2n) is 6.69. The van der Waals surface area contributed by atoms with Gasteiger partial charge in [0.1, 0.15) is 0 Å². The first-order valence-electron chi connectivity index (χ1n) is 9.31. The van der Waals surface area contributed by atoms with Crippen LogP contribution in [0.5, 0.6) is 0 Å². The Kier molecular flexibility index (Phi) is 5.92. The molecule has 0 bridgehead atoms. The summed E-state index contributed by atoms with van der Waals surface area (Å²) in [6.07, 6.45) is 8.43. The number of allylic oxidation sites excluding steroid dienone is 5. The molecule has 138 valence electrons. The summed E-state index contributed by atoms with van der Waals surface area (Å²) in [7, 11) is 5.94. The quantitative estimate of drug-likeness (QED) is 0.798. The van der Waals surface area contributed by atoms with Gasteiger partial charge in [0.25, 0.3) is 0 Å². The molecule has 3 heteroatoms. The Morgan fingerprint density at radius 3 is 1.89 bits per heavy atom. The van der Waals surface area contributed by atoms with Crippen LogP contribution in [0.3, 0.4) is 0 Å². The third-order valence-electron chi connectivity index (χ3n) is 4.64. The summed E-state index contributed by atoms with van der Waals surface area (Å²) >= 11 is 0. The lowest BCUT2D eigenvalue weighted by molar-refractivity contribution is 1.13. The van der Waals surface area contributed by atoms with Crippen LogP contribution in [0.15, 0.2) is 83.4 Å². The predicted molar refractivity (Wildman–Crippen MR) is 119 cm³/mol. The molecule has 0 amide bonds. The molecule has 0 saturated heterocycles. The van der Waals surface area contributed by atoms with E-state index in [1.807, 2.05) is 7.05 Å². The SMILES string of the molecule is CCNc1ccc(C(=C2C=CC(=NC)C=C2)c2ccc(N(C)C)cc2)cc1. The highest BCUT2D eigenvalue weighted by atomic mass is 15.1. The zero-order chi connectivity index (χ0) is 19.2. The summed E-state index contributed by atoms with van der Waals surface area (Å²) in [5.74, 6) is 0. The number of nitrogens with one attached hydrogen (secondary N) is 1. The normalized spacial score (nSPS) is 12.9. The molecule has 3 nitrogen and oxygen atoms in total. The number of nitrogens with zero attached hydrogens (tertiary/aromatic N) is 2. The van der Waals surface area contributed by atoms with Crippen molar-refractivity contribution in [2.24, 2.45) is 4.99 Å². The molecule has 1 aliphatic rings. The minimum absolute atomic E-state index is 0.921.